The van der Waals surface area contributed by atoms with E-state index in [4.69, 9.17) is 0 Å². The molecule has 0 aromatic heterocycles. The van der Waals surface area contributed by atoms with Crippen molar-refractivity contribution < 1.29 is 8.42 Å². The Kier molecular flexibility index (Phi) is 3.02. The van der Waals surface area contributed by atoms with Crippen LogP contribution in [0.3, 0.4) is 0 Å². The second kappa shape index (κ2) is 4.14. The molecule has 0 saturated heterocycles. The van der Waals surface area contributed by atoms with Gasteiger partial charge in [0.05, 0.1) is 5.25 Å². The van der Waals surface area contributed by atoms with Gasteiger partial charge in [0, 0.05) is 11.0 Å². The largest absolute Gasteiger partial charge is 0.283 e. The van der Waals surface area contributed by atoms with Crippen LogP contribution >= 0.6 is 15.9 Å². The molecule has 0 atom stereocenters. The summed E-state index contributed by atoms with van der Waals surface area (Å²) in [7, 11) is -3.13. The lowest BCUT2D eigenvalue weighted by molar-refractivity contribution is 0.600. The molecule has 2 rings (SSSR count). The monoisotopic (exact) mass is 289 g/mol. The van der Waals surface area contributed by atoms with Crippen LogP contribution in [0.25, 0.3) is 0 Å². The van der Waals surface area contributed by atoms with Gasteiger partial charge in [-0.05, 0) is 30.5 Å². The van der Waals surface area contributed by atoms with E-state index in [2.05, 4.69) is 20.7 Å². The lowest BCUT2D eigenvalue weighted by Crippen LogP contribution is -2.17. The molecule has 0 bridgehead atoms. The summed E-state index contributed by atoms with van der Waals surface area (Å²) in [5.41, 5.74) is 1.71. The van der Waals surface area contributed by atoms with Crippen LogP contribution < -0.4 is 4.72 Å². The van der Waals surface area contributed by atoms with Gasteiger partial charge in [-0.15, -0.1) is 0 Å². The van der Waals surface area contributed by atoms with Crippen LogP contribution in [0.2, 0.25) is 0 Å². The number of benzene rings is 1. The van der Waals surface area contributed by atoms with E-state index in [0.29, 0.717) is 5.69 Å². The number of nitrogens with one attached hydrogen (secondary N) is 1. The number of hydrogen-bond donors (Lipinski definition) is 1. The quantitative estimate of drug-likeness (QED) is 0.866. The molecule has 1 aromatic rings. The van der Waals surface area contributed by atoms with Gasteiger partial charge in [-0.1, -0.05) is 28.1 Å². The van der Waals surface area contributed by atoms with Crippen molar-refractivity contribution in [3.8, 4) is 0 Å². The molecular weight excluding hydrogens is 278 g/mol. The molecule has 3 nitrogen and oxygen atoms in total. The first-order valence-electron chi connectivity index (χ1n) is 4.78. The first kappa shape index (κ1) is 11.0. The molecule has 1 aliphatic rings. The fourth-order valence-electron chi connectivity index (χ4n) is 1.34. The van der Waals surface area contributed by atoms with Crippen molar-refractivity contribution in [1.29, 1.82) is 0 Å². The molecular formula is C10H12BrNO2S. The molecule has 1 N–H and O–H groups in total. The first-order chi connectivity index (χ1) is 7.12. The number of sulfonamides is 1. The Morgan fingerprint density at radius 1 is 1.40 bits per heavy atom. The van der Waals surface area contributed by atoms with Gasteiger partial charge in [-0.3, -0.25) is 4.72 Å². The number of hydrogen-bond acceptors (Lipinski definition) is 2. The van der Waals surface area contributed by atoms with Crippen molar-refractivity contribution in [3.63, 3.8) is 0 Å². The van der Waals surface area contributed by atoms with Crippen molar-refractivity contribution in [3.05, 3.63) is 29.8 Å². The highest BCUT2D eigenvalue weighted by atomic mass is 79.9. The lowest BCUT2D eigenvalue weighted by Gasteiger charge is -2.07. The normalized spacial score (nSPS) is 16.3. The third-order valence-corrected chi connectivity index (χ3v) is 4.82. The topological polar surface area (TPSA) is 46.2 Å². The lowest BCUT2D eigenvalue weighted by atomic mass is 10.2. The molecule has 0 spiro atoms. The fraction of sp³-hybridized carbons (Fsp3) is 0.400. The van der Waals surface area contributed by atoms with Crippen LogP contribution in [-0.4, -0.2) is 13.7 Å². The zero-order valence-electron chi connectivity index (χ0n) is 8.11. The van der Waals surface area contributed by atoms with Crippen LogP contribution in [-0.2, 0) is 15.4 Å². The van der Waals surface area contributed by atoms with Gasteiger partial charge in [0.1, 0.15) is 0 Å². The van der Waals surface area contributed by atoms with E-state index in [1.807, 2.05) is 18.2 Å². The predicted molar refractivity (Wildman–Crippen MR) is 64.6 cm³/mol. The Labute approximate surface area is 98.1 Å². The summed E-state index contributed by atoms with van der Waals surface area (Å²) in [5.74, 6) is 0. The molecule has 1 aliphatic carbocycles. The highest BCUT2D eigenvalue weighted by Crippen LogP contribution is 2.29. The van der Waals surface area contributed by atoms with E-state index in [1.54, 1.807) is 6.07 Å². The van der Waals surface area contributed by atoms with Crippen molar-refractivity contribution in [2.24, 2.45) is 0 Å². The minimum Gasteiger partial charge on any atom is -0.283 e. The Balaban J connectivity index is 2.16. The van der Waals surface area contributed by atoms with Crippen molar-refractivity contribution >= 4 is 31.6 Å². The SMILES string of the molecule is O=S(=O)(Nc1cccc(CBr)c1)C1CC1. The Morgan fingerprint density at radius 2 is 2.13 bits per heavy atom. The van der Waals surface area contributed by atoms with Gasteiger partial charge < -0.3 is 0 Å². The Bertz CT molecular complexity index is 454. The molecule has 0 amide bonds. The van der Waals surface area contributed by atoms with Gasteiger partial charge in [0.15, 0.2) is 0 Å². The van der Waals surface area contributed by atoms with Crippen LogP contribution in [0, 0.1) is 0 Å². The number of rotatable bonds is 4. The Morgan fingerprint density at radius 3 is 2.73 bits per heavy atom. The van der Waals surface area contributed by atoms with Crippen LogP contribution in [0.4, 0.5) is 5.69 Å². The summed E-state index contributed by atoms with van der Waals surface area (Å²) in [6.45, 7) is 0. The summed E-state index contributed by atoms with van der Waals surface area (Å²) in [6, 6.07) is 7.41. The van der Waals surface area contributed by atoms with E-state index in [0.717, 1.165) is 23.7 Å². The molecule has 0 aliphatic heterocycles. The van der Waals surface area contributed by atoms with Gasteiger partial charge in [0.25, 0.3) is 0 Å². The highest BCUT2D eigenvalue weighted by molar-refractivity contribution is 9.08. The summed E-state index contributed by atoms with van der Waals surface area (Å²) in [5, 5.41) is 0.552. The van der Waals surface area contributed by atoms with E-state index >= 15 is 0 Å². The van der Waals surface area contributed by atoms with Crippen molar-refractivity contribution in [2.75, 3.05) is 4.72 Å². The zero-order valence-corrected chi connectivity index (χ0v) is 10.5. The standard InChI is InChI=1S/C10H12BrNO2S/c11-7-8-2-1-3-9(6-8)12-15(13,14)10-4-5-10/h1-3,6,10,12H,4-5,7H2. The average molecular weight is 290 g/mol. The van der Waals surface area contributed by atoms with Crippen LogP contribution in [0.5, 0.6) is 0 Å². The molecule has 0 radical (unpaired) electrons. The van der Waals surface area contributed by atoms with Crippen LogP contribution in [0.1, 0.15) is 18.4 Å². The van der Waals surface area contributed by atoms with Crippen LogP contribution in [0.15, 0.2) is 24.3 Å². The predicted octanol–water partition coefficient (Wildman–Crippen LogP) is 2.49. The second-order valence-corrected chi connectivity index (χ2v) is 6.20. The maximum Gasteiger partial charge on any atom is 0.235 e. The molecule has 1 fully saturated rings. The molecule has 1 saturated carbocycles. The van der Waals surface area contributed by atoms with Crippen molar-refractivity contribution in [2.45, 2.75) is 23.4 Å². The van der Waals surface area contributed by atoms with Gasteiger partial charge in [0.2, 0.25) is 10.0 Å². The minimum atomic E-state index is -3.13. The highest BCUT2D eigenvalue weighted by Gasteiger charge is 2.35. The first-order valence-corrected chi connectivity index (χ1v) is 7.45. The maximum atomic E-state index is 11.6. The van der Waals surface area contributed by atoms with E-state index in [-0.39, 0.29) is 5.25 Å². The molecule has 0 heterocycles. The smallest absolute Gasteiger partial charge is 0.235 e. The third kappa shape index (κ3) is 2.72. The molecule has 0 unspecified atom stereocenters. The van der Waals surface area contributed by atoms with Crippen molar-refractivity contribution in [1.82, 2.24) is 0 Å². The van der Waals surface area contributed by atoms with E-state index in [9.17, 15) is 8.42 Å². The maximum absolute atomic E-state index is 11.6. The molecule has 1 aromatic carbocycles. The average Bonchev–Trinajstić information content (AvgIpc) is 3.00. The summed E-state index contributed by atoms with van der Waals surface area (Å²) in [4.78, 5) is 0. The van der Waals surface area contributed by atoms with Gasteiger partial charge in [-0.2, -0.15) is 0 Å². The van der Waals surface area contributed by atoms with Gasteiger partial charge in [-0.25, -0.2) is 8.42 Å². The number of halogens is 1. The van der Waals surface area contributed by atoms with E-state index in [1.165, 1.54) is 0 Å². The number of anilines is 1. The molecule has 15 heavy (non-hydrogen) atoms. The minimum absolute atomic E-state index is 0.176. The Hall–Kier alpha value is -0.550. The van der Waals surface area contributed by atoms with Gasteiger partial charge >= 0.3 is 0 Å². The molecule has 5 heteroatoms. The summed E-state index contributed by atoms with van der Waals surface area (Å²) >= 11 is 3.34. The summed E-state index contributed by atoms with van der Waals surface area (Å²) in [6.07, 6.45) is 1.57. The molecule has 82 valence electrons. The number of alkyl halides is 1. The second-order valence-electron chi connectivity index (χ2n) is 3.68. The fourth-order valence-corrected chi connectivity index (χ4v) is 3.07. The summed E-state index contributed by atoms with van der Waals surface area (Å²) < 4.78 is 25.9. The van der Waals surface area contributed by atoms with E-state index < -0.39 is 10.0 Å². The third-order valence-electron chi connectivity index (χ3n) is 2.30. The zero-order chi connectivity index (χ0) is 10.9.